The molecule has 11 aromatic heterocycles. The maximum Gasteiger partial charge on any atom is 0.296 e. The number of benzene rings is 16. The first kappa shape index (κ1) is 93.8. The number of allylic oxidation sites excluding steroid dienone is 2. The van der Waals surface area contributed by atoms with Crippen molar-refractivity contribution in [3.05, 3.63) is 509 Å². The van der Waals surface area contributed by atoms with Gasteiger partial charge in [-0.25, -0.2) is 13.7 Å². The minimum Gasteiger partial charge on any atom is -0.512 e. The number of ketones is 1. The van der Waals surface area contributed by atoms with Crippen LogP contribution in [0.25, 0.3) is 196 Å². The number of fused-ring (bicyclic) bond motifs is 25. The molecule has 4 aliphatic rings. The maximum absolute atomic E-state index is 10.0. The Labute approximate surface area is 867 Å². The zero-order valence-electron chi connectivity index (χ0n) is 78.9. The van der Waals surface area contributed by atoms with Crippen LogP contribution in [-0.4, -0.2) is 43.8 Å². The maximum atomic E-state index is 10.0. The minimum absolute atomic E-state index is 0. The molecule has 27 aromatic rings. The Hall–Kier alpha value is -16.5. The second kappa shape index (κ2) is 41.0. The van der Waals surface area contributed by atoms with E-state index >= 15 is 0 Å². The number of hydrogen-bond donors (Lipinski definition) is 1. The van der Waals surface area contributed by atoms with Crippen molar-refractivity contribution in [1.29, 1.82) is 0 Å². The first-order chi connectivity index (χ1) is 69.7. The molecule has 2 radical (unpaired) electrons. The molecule has 144 heavy (non-hydrogen) atoms. The molecule has 17 heteroatoms. The van der Waals surface area contributed by atoms with Crippen molar-refractivity contribution in [2.24, 2.45) is 0 Å². The fourth-order valence-electron chi connectivity index (χ4n) is 20.6. The Kier molecular flexibility index (Phi) is 26.7. The number of carbonyl (C=O) groups is 1. The number of hydrogen-bond acceptors (Lipinski definition) is 7. The molecule has 0 spiro atoms. The molecule has 0 aliphatic carbocycles. The summed E-state index contributed by atoms with van der Waals surface area (Å²) in [7, 11) is 0. The Morgan fingerprint density at radius 1 is 0.389 bits per heavy atom. The first-order valence-electron chi connectivity index (χ1n) is 47.3. The van der Waals surface area contributed by atoms with Gasteiger partial charge < -0.3 is 27.1 Å². The smallest absolute Gasteiger partial charge is 0.296 e. The predicted octanol–water partition coefficient (Wildman–Crippen LogP) is 28.7. The van der Waals surface area contributed by atoms with Gasteiger partial charge in [0.15, 0.2) is 51.6 Å². The molecule has 0 amide bonds. The number of carbonyl (C=O) groups excluding carboxylic acids is 1. The van der Waals surface area contributed by atoms with Crippen LogP contribution in [-0.2, 0) is 71.2 Å². The topological polar surface area (TPSA) is 110 Å². The van der Waals surface area contributed by atoms with Gasteiger partial charge in [-0.1, -0.05) is 236 Å². The SMILES string of the molecule is CC(=O)/C=C(/C)O.[CH3-].[Ir].[Ir].[c-]1ccc2c(sc3ccccc32)c1-c1ccccn1.[c-]1ccccc1-c1ccccn1.[c-]1ccccc1-c1nc2ccccc2n1-c1ccccc1.c1cc2c3c(c1)c1ccccc1n1c4ccccc4[n+](c31)C2.c1cc2c3c(c1)ccn1c4ccccc4[n+](c31)C2.c1cc[n+]2c(c1)-c1c(ccc3c1sc1ccccc13)C2.c1ccc(-n2c3[n+](c4ccccc42)Cc2ccccc2-3)cc1. The molecule has 0 bridgehead atoms. The van der Waals surface area contributed by atoms with Crippen LogP contribution in [0, 0.1) is 25.6 Å². The summed E-state index contributed by atoms with van der Waals surface area (Å²) in [4.78, 5) is 23.5. The second-order valence-electron chi connectivity index (χ2n) is 35.2. The van der Waals surface area contributed by atoms with Gasteiger partial charge >= 0.3 is 0 Å². The molecule has 13 nitrogen and oxygen atoms in total. The normalized spacial score (nSPS) is 11.8. The largest absolute Gasteiger partial charge is 0.512 e. The van der Waals surface area contributed by atoms with Gasteiger partial charge in [-0.05, 0) is 162 Å². The molecule has 0 unspecified atom stereocenters. The summed E-state index contributed by atoms with van der Waals surface area (Å²) in [5.41, 5.74) is 31.1. The molecule has 31 rings (SSSR count). The number of aromatic nitrogens is 11. The van der Waals surface area contributed by atoms with Crippen molar-refractivity contribution in [3.8, 4) is 67.9 Å². The Morgan fingerprint density at radius 2 is 0.924 bits per heavy atom. The number of thiophene rings is 2. The monoisotopic (exact) mass is 2250 g/mol. The second-order valence-corrected chi connectivity index (χ2v) is 37.3. The van der Waals surface area contributed by atoms with E-state index in [1.807, 2.05) is 156 Å². The van der Waals surface area contributed by atoms with E-state index in [0.29, 0.717) is 0 Å². The van der Waals surface area contributed by atoms with E-state index in [4.69, 9.17) is 10.1 Å². The zero-order valence-corrected chi connectivity index (χ0v) is 85.3. The van der Waals surface area contributed by atoms with Gasteiger partial charge in [0.05, 0.1) is 50.7 Å². The quantitative estimate of drug-likeness (QED) is 0.0586. The van der Waals surface area contributed by atoms with Crippen molar-refractivity contribution in [3.63, 3.8) is 0 Å². The summed E-state index contributed by atoms with van der Waals surface area (Å²) < 4.78 is 24.3. The van der Waals surface area contributed by atoms with E-state index in [-0.39, 0.29) is 59.2 Å². The summed E-state index contributed by atoms with van der Waals surface area (Å²) in [6, 6.07) is 158. The summed E-state index contributed by atoms with van der Waals surface area (Å²) in [6.07, 6.45) is 9.14. The van der Waals surface area contributed by atoms with Crippen LogP contribution in [0.15, 0.2) is 461 Å². The van der Waals surface area contributed by atoms with E-state index in [1.54, 1.807) is 6.20 Å². The van der Waals surface area contributed by atoms with Crippen LogP contribution in [0.5, 0.6) is 0 Å². The molecular weight excluding hydrogens is 2160 g/mol. The number of para-hydroxylation sites is 11. The average molecular weight is 2250 g/mol. The van der Waals surface area contributed by atoms with Crippen LogP contribution in [0.4, 0.5) is 0 Å². The van der Waals surface area contributed by atoms with E-state index in [0.717, 1.165) is 76.8 Å². The molecule has 0 saturated carbocycles. The summed E-state index contributed by atoms with van der Waals surface area (Å²) in [5.74, 6) is 2.14. The van der Waals surface area contributed by atoms with Crippen molar-refractivity contribution in [2.45, 2.75) is 40.0 Å². The van der Waals surface area contributed by atoms with Crippen molar-refractivity contribution in [2.75, 3.05) is 0 Å². The van der Waals surface area contributed by atoms with E-state index in [9.17, 15) is 4.79 Å². The van der Waals surface area contributed by atoms with Crippen LogP contribution < -0.4 is 18.3 Å². The molecule has 16 aromatic carbocycles. The van der Waals surface area contributed by atoms with Gasteiger partial charge in [-0.15, -0.1) is 107 Å². The third-order valence-electron chi connectivity index (χ3n) is 26.6. The van der Waals surface area contributed by atoms with Crippen molar-refractivity contribution in [1.82, 2.24) is 32.9 Å². The molecule has 15 heterocycles. The van der Waals surface area contributed by atoms with Crippen LogP contribution in [0.1, 0.15) is 36.1 Å². The van der Waals surface area contributed by atoms with Gasteiger partial charge in [0.1, 0.15) is 30.8 Å². The molecule has 0 atom stereocenters. The number of aliphatic hydroxyl groups is 1. The first-order valence-corrected chi connectivity index (χ1v) is 49.0. The molecule has 4 aliphatic heterocycles. The molecule has 0 saturated heterocycles. The third kappa shape index (κ3) is 17.4. The van der Waals surface area contributed by atoms with Crippen LogP contribution >= 0.6 is 22.7 Å². The number of pyridine rings is 5. The van der Waals surface area contributed by atoms with Gasteiger partial charge in [-0.3, -0.25) is 9.78 Å². The number of imidazole rings is 4. The third-order valence-corrected chi connectivity index (χ3v) is 29.0. The van der Waals surface area contributed by atoms with E-state index < -0.39 is 0 Å². The summed E-state index contributed by atoms with van der Waals surface area (Å²) >= 11 is 3.73. The molecule has 698 valence electrons. The van der Waals surface area contributed by atoms with E-state index in [2.05, 4.69) is 374 Å². The zero-order chi connectivity index (χ0) is 94.4. The fraction of sp³-hybridized carbons (Fsp3) is 0.0472. The summed E-state index contributed by atoms with van der Waals surface area (Å²) in [5, 5.41) is 20.6. The Morgan fingerprint density at radius 3 is 1.60 bits per heavy atom. The van der Waals surface area contributed by atoms with Crippen LogP contribution in [0.2, 0.25) is 0 Å². The van der Waals surface area contributed by atoms with Crippen LogP contribution in [0.3, 0.4) is 0 Å². The molecule has 1 N–H and O–H groups in total. The Balaban J connectivity index is 0.0000000981. The van der Waals surface area contributed by atoms with Gasteiger partial charge in [0.25, 0.3) is 17.1 Å². The minimum atomic E-state index is -0.125. The molecule has 0 fully saturated rings. The Bertz CT molecular complexity index is 9480. The van der Waals surface area contributed by atoms with Crippen molar-refractivity contribution >= 4 is 157 Å². The van der Waals surface area contributed by atoms with Gasteiger partial charge in [0.2, 0.25) is 5.69 Å². The van der Waals surface area contributed by atoms with E-state index in [1.165, 1.54) is 188 Å². The average Bonchev–Trinajstić information content (AvgIpc) is 1.53. The molecular formula is C127H93Ir2N11O2S2. The number of rotatable bonds is 6. The van der Waals surface area contributed by atoms with Crippen molar-refractivity contribution < 1.29 is 68.4 Å². The number of aliphatic hydroxyl groups excluding tert-OH is 1. The number of nitrogens with zero attached hydrogens (tertiary/aromatic N) is 11. The van der Waals surface area contributed by atoms with Gasteiger partial charge in [0, 0.05) is 134 Å². The standard InChI is InChI=1S/C20H13N2.C20H15N2.C19H13N2.C18H12NS.C17H10NS.C16H11N2.C11H8N.C5H8O2.CH3.2Ir/c1-2-9-16-14(7-1)15-8-5-6-13-12-21-17-10-3-4-11-18(17)22(16)20(21)19(13)15;1-2-9-16(10-3-1)22-19-13-7-6-12-18(19)21-14-15-8-4-5-11-17(15)20(21)22;1-3-9-15(10-4-1)19-20-17-13-7-8-14-18(17)21(19)16-11-5-2-6-12-16;1-2-7-16-13(5-1)14-9-8-12-11-19-10-4-3-6-15(19)17(12)18(14)20-16;1-2-10-16-12(6-1)13-7-5-8-14(17(13)19-16)15-9-3-4-11-18-15;1-2-7-14-13(6-1)17-9-8-11-4-3-5-12-10-18(14)16(17)15(11)12;1-2-6-10(7-3-1)11-8-4-5-9-12-11;1-4(6)3-5(2)7;;;/h1-11H,12H2;1-13H,14H2;1-9,11-14H;1-10H,11H2;1-7,9-11H;1-9H,10H2;1-6,8-9H;3,6H,1-2H3;1H3;;/q2*+1;-1;+1;-1;+1;-1;;-1;;/b;;;;;;;4-3-;;;. The van der Waals surface area contributed by atoms with Gasteiger partial charge in [-0.2, -0.15) is 29.3 Å². The summed E-state index contributed by atoms with van der Waals surface area (Å²) in [6.45, 7) is 6.76. The predicted molar refractivity (Wildman–Crippen MR) is 582 cm³/mol. The fourth-order valence-corrected chi connectivity index (χ4v) is 23.1.